The SMILES string of the molecule is c1ccc(-c2ccc(-c3nc4ccccc4cc3-c3ccc(N(c4ccc(-c5ccccc5)cc4)c4ccc(-c5cccc6c5sc5ccccc56)cc4)cc3)cc2)cc1. The first-order valence-electron chi connectivity index (χ1n) is 20.4. The molecule has 11 rings (SSSR count). The molecule has 0 saturated heterocycles. The number of hydrogen-bond donors (Lipinski definition) is 0. The van der Waals surface area contributed by atoms with Crippen LogP contribution in [-0.2, 0) is 0 Å². The number of para-hydroxylation sites is 1. The van der Waals surface area contributed by atoms with Crippen LogP contribution in [0.25, 0.3) is 86.8 Å². The summed E-state index contributed by atoms with van der Waals surface area (Å²) in [4.78, 5) is 7.62. The Bertz CT molecular complexity index is 3260. The van der Waals surface area contributed by atoms with Crippen LogP contribution in [0, 0.1) is 0 Å². The van der Waals surface area contributed by atoms with Gasteiger partial charge in [-0.1, -0.05) is 176 Å². The average Bonchev–Trinajstić information content (AvgIpc) is 3.72. The van der Waals surface area contributed by atoms with Crippen molar-refractivity contribution in [2.24, 2.45) is 0 Å². The van der Waals surface area contributed by atoms with Crippen molar-refractivity contribution in [2.45, 2.75) is 0 Å². The van der Waals surface area contributed by atoms with Crippen molar-refractivity contribution < 1.29 is 0 Å². The van der Waals surface area contributed by atoms with E-state index in [1.807, 2.05) is 11.3 Å². The number of fused-ring (bicyclic) bond motifs is 4. The van der Waals surface area contributed by atoms with Crippen molar-refractivity contribution in [3.63, 3.8) is 0 Å². The summed E-state index contributed by atoms with van der Waals surface area (Å²) in [5.74, 6) is 0. The zero-order chi connectivity index (χ0) is 39.8. The van der Waals surface area contributed by atoms with Crippen LogP contribution in [0.3, 0.4) is 0 Å². The van der Waals surface area contributed by atoms with Crippen molar-refractivity contribution in [3.8, 4) is 55.8 Å². The predicted molar refractivity (Wildman–Crippen MR) is 256 cm³/mol. The van der Waals surface area contributed by atoms with E-state index >= 15 is 0 Å². The quantitative estimate of drug-likeness (QED) is 0.153. The van der Waals surface area contributed by atoms with Gasteiger partial charge in [0.15, 0.2) is 0 Å². The lowest BCUT2D eigenvalue weighted by molar-refractivity contribution is 1.28. The molecule has 0 radical (unpaired) electrons. The minimum atomic E-state index is 0.971. The van der Waals surface area contributed by atoms with Gasteiger partial charge >= 0.3 is 0 Å². The molecule has 0 atom stereocenters. The molecule has 0 unspecified atom stereocenters. The van der Waals surface area contributed by atoms with Gasteiger partial charge in [-0.15, -0.1) is 11.3 Å². The molecule has 9 aromatic carbocycles. The van der Waals surface area contributed by atoms with Crippen LogP contribution >= 0.6 is 11.3 Å². The second-order valence-electron chi connectivity index (χ2n) is 15.1. The first-order valence-corrected chi connectivity index (χ1v) is 21.2. The summed E-state index contributed by atoms with van der Waals surface area (Å²) >= 11 is 1.87. The second-order valence-corrected chi connectivity index (χ2v) is 16.2. The Hall–Kier alpha value is -7.59. The molecule has 11 aromatic rings. The van der Waals surface area contributed by atoms with Crippen LogP contribution in [0.5, 0.6) is 0 Å². The number of anilines is 3. The van der Waals surface area contributed by atoms with Crippen LogP contribution in [0.1, 0.15) is 0 Å². The molecule has 2 heterocycles. The smallest absolute Gasteiger partial charge is 0.0788 e. The Morgan fingerprint density at radius 2 is 0.800 bits per heavy atom. The van der Waals surface area contributed by atoms with E-state index in [9.17, 15) is 0 Å². The third kappa shape index (κ3) is 6.61. The first kappa shape index (κ1) is 35.6. The molecule has 0 saturated carbocycles. The fourth-order valence-corrected chi connectivity index (χ4v) is 9.68. The third-order valence-corrected chi connectivity index (χ3v) is 12.7. The number of pyridine rings is 1. The number of aromatic nitrogens is 1. The Kier molecular flexibility index (Phi) is 9.07. The van der Waals surface area contributed by atoms with E-state index in [0.29, 0.717) is 0 Å². The normalized spacial score (nSPS) is 11.3. The highest BCUT2D eigenvalue weighted by molar-refractivity contribution is 7.26. The standard InChI is InChI=1S/C57H38N2S/c1-3-12-39(13-4-1)41-22-24-45(25-23-41)56-53(38-46-16-7-9-20-54(46)58-56)44-30-36-49(37-31-44)59(47-32-26-42(27-33-47)40-14-5-2-6-15-40)48-34-28-43(29-35-48)50-18-11-19-52-51-17-8-10-21-55(51)60-57(50)52/h1-38H. The van der Waals surface area contributed by atoms with Gasteiger partial charge in [-0.25, -0.2) is 4.98 Å². The van der Waals surface area contributed by atoms with Crippen molar-refractivity contribution in [2.75, 3.05) is 4.90 Å². The van der Waals surface area contributed by atoms with E-state index in [2.05, 4.69) is 235 Å². The van der Waals surface area contributed by atoms with Crippen molar-refractivity contribution in [1.29, 1.82) is 0 Å². The molecular formula is C57H38N2S. The van der Waals surface area contributed by atoms with Crippen LogP contribution in [0.4, 0.5) is 17.1 Å². The van der Waals surface area contributed by atoms with Crippen LogP contribution < -0.4 is 4.90 Å². The van der Waals surface area contributed by atoms with Gasteiger partial charge in [0.2, 0.25) is 0 Å². The summed E-state index contributed by atoms with van der Waals surface area (Å²) in [7, 11) is 0. The van der Waals surface area contributed by atoms with E-state index < -0.39 is 0 Å². The first-order chi connectivity index (χ1) is 29.7. The number of rotatable bonds is 8. The highest BCUT2D eigenvalue weighted by Crippen LogP contribution is 2.43. The molecule has 3 heteroatoms. The van der Waals surface area contributed by atoms with Gasteiger partial charge in [0.05, 0.1) is 11.2 Å². The summed E-state index contributed by atoms with van der Waals surface area (Å²) in [5.41, 5.74) is 15.8. The Morgan fingerprint density at radius 1 is 0.333 bits per heavy atom. The summed E-state index contributed by atoms with van der Waals surface area (Å²) in [5, 5.41) is 3.75. The molecular weight excluding hydrogens is 745 g/mol. The number of nitrogens with zero attached hydrogens (tertiary/aromatic N) is 2. The van der Waals surface area contributed by atoms with Crippen LogP contribution in [0.15, 0.2) is 231 Å². The molecule has 2 nitrogen and oxygen atoms in total. The monoisotopic (exact) mass is 782 g/mol. The molecule has 0 fully saturated rings. The molecule has 0 aliphatic carbocycles. The minimum absolute atomic E-state index is 0.971. The number of hydrogen-bond acceptors (Lipinski definition) is 3. The highest BCUT2D eigenvalue weighted by atomic mass is 32.1. The van der Waals surface area contributed by atoms with Gasteiger partial charge in [-0.3, -0.25) is 0 Å². The Labute approximate surface area is 353 Å². The molecule has 0 amide bonds. The maximum absolute atomic E-state index is 5.26. The lowest BCUT2D eigenvalue weighted by Crippen LogP contribution is -2.09. The van der Waals surface area contributed by atoms with Crippen LogP contribution in [0.2, 0.25) is 0 Å². The molecule has 0 bridgehead atoms. The van der Waals surface area contributed by atoms with E-state index in [0.717, 1.165) is 50.3 Å². The van der Waals surface area contributed by atoms with Crippen molar-refractivity contribution >= 4 is 59.5 Å². The Morgan fingerprint density at radius 3 is 1.43 bits per heavy atom. The van der Waals surface area contributed by atoms with Gasteiger partial charge in [-0.05, 0) is 93.5 Å². The van der Waals surface area contributed by atoms with Gasteiger partial charge in [-0.2, -0.15) is 0 Å². The zero-order valence-electron chi connectivity index (χ0n) is 32.7. The lowest BCUT2D eigenvalue weighted by atomic mass is 9.95. The number of thiophene rings is 1. The summed E-state index contributed by atoms with van der Waals surface area (Å²) in [6.45, 7) is 0. The summed E-state index contributed by atoms with van der Waals surface area (Å²) in [6.07, 6.45) is 0. The van der Waals surface area contributed by atoms with Gasteiger partial charge in [0.1, 0.15) is 0 Å². The maximum Gasteiger partial charge on any atom is 0.0788 e. The maximum atomic E-state index is 5.26. The zero-order valence-corrected chi connectivity index (χ0v) is 33.6. The Balaban J connectivity index is 0.988. The fraction of sp³-hybridized carbons (Fsp3) is 0. The van der Waals surface area contributed by atoms with E-state index in [-0.39, 0.29) is 0 Å². The van der Waals surface area contributed by atoms with E-state index in [1.54, 1.807) is 0 Å². The summed E-state index contributed by atoms with van der Waals surface area (Å²) < 4.78 is 2.64. The molecule has 0 N–H and O–H groups in total. The molecule has 2 aromatic heterocycles. The van der Waals surface area contributed by atoms with E-state index in [1.165, 1.54) is 53.6 Å². The molecule has 282 valence electrons. The van der Waals surface area contributed by atoms with Crippen LogP contribution in [-0.4, -0.2) is 4.98 Å². The van der Waals surface area contributed by atoms with Gasteiger partial charge in [0, 0.05) is 53.7 Å². The average molecular weight is 783 g/mol. The van der Waals surface area contributed by atoms with E-state index in [4.69, 9.17) is 4.98 Å². The highest BCUT2D eigenvalue weighted by Gasteiger charge is 2.17. The topological polar surface area (TPSA) is 16.1 Å². The third-order valence-electron chi connectivity index (χ3n) is 11.5. The van der Waals surface area contributed by atoms with Gasteiger partial charge < -0.3 is 4.90 Å². The molecule has 0 aliphatic rings. The number of benzene rings is 9. The molecule has 0 aliphatic heterocycles. The van der Waals surface area contributed by atoms with Crippen molar-refractivity contribution in [3.05, 3.63) is 231 Å². The molecule has 60 heavy (non-hydrogen) atoms. The molecule has 0 spiro atoms. The van der Waals surface area contributed by atoms with Crippen molar-refractivity contribution in [1.82, 2.24) is 4.98 Å². The lowest BCUT2D eigenvalue weighted by Gasteiger charge is -2.26. The largest absolute Gasteiger partial charge is 0.311 e. The fourth-order valence-electron chi connectivity index (χ4n) is 8.44. The van der Waals surface area contributed by atoms with Gasteiger partial charge in [0.25, 0.3) is 0 Å². The summed E-state index contributed by atoms with van der Waals surface area (Å²) in [6, 6.07) is 82.9. The minimum Gasteiger partial charge on any atom is -0.311 e. The predicted octanol–water partition coefficient (Wildman–Crippen LogP) is 16.4. The second kappa shape index (κ2) is 15.3.